The van der Waals surface area contributed by atoms with Crippen molar-refractivity contribution in [2.75, 3.05) is 5.75 Å². The molecule has 0 saturated carbocycles. The molecule has 0 spiro atoms. The molecular formula is C7H17ClN2O2S. The maximum Gasteiger partial charge on any atom is 0.324 e. The van der Waals surface area contributed by atoms with Crippen LogP contribution >= 0.6 is 24.2 Å². The molecule has 0 aromatic carbocycles. The van der Waals surface area contributed by atoms with Gasteiger partial charge in [-0.25, -0.2) is 0 Å². The summed E-state index contributed by atoms with van der Waals surface area (Å²) in [5, 5.41) is 8.63. The fraction of sp³-hybridized carbons (Fsp3) is 0.857. The van der Waals surface area contributed by atoms with Crippen molar-refractivity contribution in [2.45, 2.75) is 31.2 Å². The van der Waals surface area contributed by atoms with Gasteiger partial charge in [0.1, 0.15) is 5.54 Å². The Kier molecular flexibility index (Phi) is 7.72. The number of hydrogen-bond donors (Lipinski definition) is 3. The van der Waals surface area contributed by atoms with Gasteiger partial charge in [0.2, 0.25) is 0 Å². The van der Waals surface area contributed by atoms with Crippen LogP contribution in [-0.4, -0.2) is 27.7 Å². The molecule has 80 valence electrons. The molecular weight excluding hydrogens is 212 g/mol. The molecule has 0 amide bonds. The molecule has 0 saturated heterocycles. The van der Waals surface area contributed by atoms with Crippen molar-refractivity contribution >= 4 is 30.1 Å². The number of nitrogens with two attached hydrogens (primary N) is 2. The van der Waals surface area contributed by atoms with Gasteiger partial charge in [0.05, 0.1) is 5.37 Å². The average molecular weight is 229 g/mol. The molecule has 6 heteroatoms. The van der Waals surface area contributed by atoms with Crippen LogP contribution in [0.2, 0.25) is 0 Å². The molecule has 0 aromatic rings. The maximum absolute atomic E-state index is 10.5. The largest absolute Gasteiger partial charge is 0.480 e. The van der Waals surface area contributed by atoms with E-state index in [1.807, 2.05) is 6.92 Å². The molecule has 0 heterocycles. The van der Waals surface area contributed by atoms with E-state index in [-0.39, 0.29) is 17.8 Å². The lowest BCUT2D eigenvalue weighted by Gasteiger charge is -2.20. The Bertz CT molecular complexity index is 167. The first-order chi connectivity index (χ1) is 5.40. The van der Waals surface area contributed by atoms with Crippen molar-refractivity contribution in [3.05, 3.63) is 0 Å². The van der Waals surface area contributed by atoms with Crippen molar-refractivity contribution in [1.82, 2.24) is 0 Å². The summed E-state index contributed by atoms with van der Waals surface area (Å²) in [5.74, 6) is -0.643. The third kappa shape index (κ3) is 6.15. The van der Waals surface area contributed by atoms with Crippen LogP contribution in [0, 0.1) is 0 Å². The standard InChI is InChI=1S/C7H16N2O2S.ClH/c1-3-5(8)12-4-7(2,9)6(10)11;/h5H,3-4,8-9H2,1-2H3,(H,10,11);1H. The maximum atomic E-state index is 10.5. The summed E-state index contributed by atoms with van der Waals surface area (Å²) in [5.41, 5.74) is 9.91. The highest BCUT2D eigenvalue weighted by Gasteiger charge is 2.28. The number of aliphatic carboxylic acids is 1. The lowest BCUT2D eigenvalue weighted by molar-refractivity contribution is -0.141. The zero-order valence-corrected chi connectivity index (χ0v) is 9.45. The summed E-state index contributed by atoms with van der Waals surface area (Å²) in [4.78, 5) is 10.5. The second-order valence-electron chi connectivity index (χ2n) is 2.98. The van der Waals surface area contributed by atoms with Crippen molar-refractivity contribution in [3.8, 4) is 0 Å². The van der Waals surface area contributed by atoms with E-state index >= 15 is 0 Å². The Balaban J connectivity index is 0. The first kappa shape index (κ1) is 15.5. The smallest absolute Gasteiger partial charge is 0.324 e. The highest BCUT2D eigenvalue weighted by Crippen LogP contribution is 2.15. The first-order valence-electron chi connectivity index (χ1n) is 3.79. The molecule has 13 heavy (non-hydrogen) atoms. The number of carbonyl (C=O) groups is 1. The van der Waals surface area contributed by atoms with Gasteiger partial charge in [-0.2, -0.15) is 0 Å². The van der Waals surface area contributed by atoms with E-state index in [0.29, 0.717) is 5.75 Å². The normalized spacial score (nSPS) is 16.9. The molecule has 0 fully saturated rings. The average Bonchev–Trinajstić information content (AvgIpc) is 2.00. The molecule has 2 unspecified atom stereocenters. The van der Waals surface area contributed by atoms with Gasteiger partial charge in [0.25, 0.3) is 0 Å². The van der Waals surface area contributed by atoms with Crippen LogP contribution < -0.4 is 11.5 Å². The summed E-state index contributed by atoms with van der Waals surface area (Å²) >= 11 is 1.38. The third-order valence-electron chi connectivity index (χ3n) is 1.49. The van der Waals surface area contributed by atoms with E-state index in [0.717, 1.165) is 6.42 Å². The van der Waals surface area contributed by atoms with Crippen LogP contribution in [0.4, 0.5) is 0 Å². The van der Waals surface area contributed by atoms with Crippen LogP contribution in [0.3, 0.4) is 0 Å². The summed E-state index contributed by atoms with van der Waals surface area (Å²) in [6.45, 7) is 3.44. The number of halogens is 1. The summed E-state index contributed by atoms with van der Waals surface area (Å²) in [6, 6.07) is 0. The zero-order valence-electron chi connectivity index (χ0n) is 7.82. The van der Waals surface area contributed by atoms with Gasteiger partial charge < -0.3 is 16.6 Å². The van der Waals surface area contributed by atoms with Gasteiger partial charge in [-0.05, 0) is 13.3 Å². The van der Waals surface area contributed by atoms with E-state index in [2.05, 4.69) is 0 Å². The van der Waals surface area contributed by atoms with Gasteiger partial charge >= 0.3 is 5.97 Å². The van der Waals surface area contributed by atoms with E-state index < -0.39 is 11.5 Å². The fourth-order valence-electron chi connectivity index (χ4n) is 0.460. The van der Waals surface area contributed by atoms with E-state index in [1.54, 1.807) is 0 Å². The van der Waals surface area contributed by atoms with Gasteiger partial charge in [-0.15, -0.1) is 24.2 Å². The van der Waals surface area contributed by atoms with Crippen molar-refractivity contribution in [2.24, 2.45) is 11.5 Å². The van der Waals surface area contributed by atoms with Gasteiger partial charge in [-0.1, -0.05) is 6.92 Å². The van der Waals surface area contributed by atoms with Crippen molar-refractivity contribution in [3.63, 3.8) is 0 Å². The monoisotopic (exact) mass is 228 g/mol. The first-order valence-corrected chi connectivity index (χ1v) is 4.84. The molecule has 2 atom stereocenters. The molecule has 5 N–H and O–H groups in total. The lowest BCUT2D eigenvalue weighted by Crippen LogP contribution is -2.47. The third-order valence-corrected chi connectivity index (χ3v) is 3.02. The second kappa shape index (κ2) is 6.48. The summed E-state index contributed by atoms with van der Waals surface area (Å²) < 4.78 is 0. The Labute approximate surface area is 88.8 Å². The van der Waals surface area contributed by atoms with Gasteiger partial charge in [0, 0.05) is 5.75 Å². The molecule has 0 rings (SSSR count). The number of thioether (sulfide) groups is 1. The molecule has 0 radical (unpaired) electrons. The fourth-order valence-corrected chi connectivity index (χ4v) is 1.38. The number of hydrogen-bond acceptors (Lipinski definition) is 4. The molecule has 4 nitrogen and oxygen atoms in total. The Morgan fingerprint density at radius 3 is 2.46 bits per heavy atom. The van der Waals surface area contributed by atoms with Crippen LogP contribution in [-0.2, 0) is 4.79 Å². The highest BCUT2D eigenvalue weighted by atomic mass is 35.5. The quantitative estimate of drug-likeness (QED) is 0.601. The molecule has 0 aromatic heterocycles. The Morgan fingerprint density at radius 1 is 1.69 bits per heavy atom. The molecule has 0 aliphatic rings. The summed E-state index contributed by atoms with van der Waals surface area (Å²) in [7, 11) is 0. The molecule has 0 aliphatic carbocycles. The number of rotatable bonds is 5. The number of carboxylic acid groups (broad SMARTS) is 1. The highest BCUT2D eigenvalue weighted by molar-refractivity contribution is 7.99. The van der Waals surface area contributed by atoms with Crippen LogP contribution in [0.5, 0.6) is 0 Å². The minimum absolute atomic E-state index is 0. The minimum Gasteiger partial charge on any atom is -0.480 e. The zero-order chi connectivity index (χ0) is 9.78. The molecule has 0 bridgehead atoms. The second-order valence-corrected chi connectivity index (χ2v) is 4.21. The van der Waals surface area contributed by atoms with Gasteiger partial charge in [-0.3, -0.25) is 4.79 Å². The van der Waals surface area contributed by atoms with E-state index in [4.69, 9.17) is 16.6 Å². The Morgan fingerprint density at radius 2 is 2.15 bits per heavy atom. The predicted molar refractivity (Wildman–Crippen MR) is 58.2 cm³/mol. The predicted octanol–water partition coefficient (Wildman–Crippen LogP) is 0.638. The Hall–Kier alpha value is 0.0300. The molecule has 0 aliphatic heterocycles. The van der Waals surface area contributed by atoms with Crippen molar-refractivity contribution in [1.29, 1.82) is 0 Å². The van der Waals surface area contributed by atoms with Gasteiger partial charge in [0.15, 0.2) is 0 Å². The minimum atomic E-state index is -1.17. The van der Waals surface area contributed by atoms with Crippen LogP contribution in [0.25, 0.3) is 0 Å². The summed E-state index contributed by atoms with van der Waals surface area (Å²) in [6.07, 6.45) is 0.820. The van der Waals surface area contributed by atoms with E-state index in [9.17, 15) is 4.79 Å². The SMILES string of the molecule is CCC(N)SCC(C)(N)C(=O)O.Cl. The van der Waals surface area contributed by atoms with E-state index in [1.165, 1.54) is 18.7 Å². The van der Waals surface area contributed by atoms with Crippen LogP contribution in [0.15, 0.2) is 0 Å². The lowest BCUT2D eigenvalue weighted by atomic mass is 10.1. The number of carboxylic acids is 1. The topological polar surface area (TPSA) is 89.3 Å². The van der Waals surface area contributed by atoms with Crippen LogP contribution in [0.1, 0.15) is 20.3 Å². The van der Waals surface area contributed by atoms with Crippen molar-refractivity contribution < 1.29 is 9.90 Å².